The van der Waals surface area contributed by atoms with Gasteiger partial charge in [-0.1, -0.05) is 6.92 Å². The largest absolute Gasteiger partial charge is 0.309 e. The number of nitrogens with one attached hydrogen (secondary N) is 1. The Kier molecular flexibility index (Phi) is 3.76. The first-order valence-electron chi connectivity index (χ1n) is 4.53. The van der Waals surface area contributed by atoms with Crippen LogP contribution in [0.25, 0.3) is 0 Å². The Balaban J connectivity index is 2.47. The molecule has 0 bridgehead atoms. The second-order valence-corrected chi connectivity index (χ2v) is 4.44. The third-order valence-electron chi connectivity index (χ3n) is 1.89. The van der Waals surface area contributed by atoms with Crippen molar-refractivity contribution in [1.29, 1.82) is 0 Å². The summed E-state index contributed by atoms with van der Waals surface area (Å²) >= 11 is 1.88. The van der Waals surface area contributed by atoms with Crippen LogP contribution in [-0.2, 0) is 0 Å². The first-order chi connectivity index (χ1) is 5.74. The van der Waals surface area contributed by atoms with E-state index in [1.54, 1.807) is 0 Å². The Bertz CT molecular complexity index is 229. The van der Waals surface area contributed by atoms with Crippen molar-refractivity contribution >= 4 is 11.3 Å². The summed E-state index contributed by atoms with van der Waals surface area (Å²) < 4.78 is 0. The maximum atomic E-state index is 3.47. The van der Waals surface area contributed by atoms with Crippen molar-refractivity contribution < 1.29 is 0 Å². The molecule has 1 atom stereocenters. The van der Waals surface area contributed by atoms with E-state index in [4.69, 9.17) is 0 Å². The topological polar surface area (TPSA) is 12.0 Å². The van der Waals surface area contributed by atoms with E-state index in [0.29, 0.717) is 6.04 Å². The first-order valence-corrected chi connectivity index (χ1v) is 5.35. The van der Waals surface area contributed by atoms with Crippen LogP contribution in [0.15, 0.2) is 12.1 Å². The molecule has 0 amide bonds. The predicted molar refractivity (Wildman–Crippen MR) is 55.8 cm³/mol. The van der Waals surface area contributed by atoms with Crippen LogP contribution in [0.3, 0.4) is 0 Å². The highest BCUT2D eigenvalue weighted by Gasteiger charge is 2.04. The smallest absolute Gasteiger partial charge is 0.0386 e. The van der Waals surface area contributed by atoms with E-state index in [2.05, 4.69) is 38.2 Å². The third kappa shape index (κ3) is 2.61. The lowest BCUT2D eigenvalue weighted by atomic mass is 10.2. The molecular formula is C10H17NS. The van der Waals surface area contributed by atoms with Crippen LogP contribution in [0.5, 0.6) is 0 Å². The molecule has 0 aliphatic heterocycles. The van der Waals surface area contributed by atoms with E-state index in [-0.39, 0.29) is 0 Å². The number of hydrogen-bond acceptors (Lipinski definition) is 2. The molecule has 1 nitrogen and oxygen atoms in total. The lowest BCUT2D eigenvalue weighted by Gasteiger charge is -2.10. The molecular weight excluding hydrogens is 166 g/mol. The molecule has 0 fully saturated rings. The summed E-state index contributed by atoms with van der Waals surface area (Å²) in [6.07, 6.45) is 1.20. The summed E-state index contributed by atoms with van der Waals surface area (Å²) in [5, 5.41) is 3.47. The summed E-state index contributed by atoms with van der Waals surface area (Å²) in [6.45, 7) is 7.68. The molecule has 1 N–H and O–H groups in total. The number of rotatable bonds is 4. The Labute approximate surface area is 78.8 Å². The van der Waals surface area contributed by atoms with Gasteiger partial charge in [0.25, 0.3) is 0 Å². The molecule has 1 heterocycles. The van der Waals surface area contributed by atoms with Crippen LogP contribution in [0, 0.1) is 6.92 Å². The van der Waals surface area contributed by atoms with Crippen molar-refractivity contribution in [3.63, 3.8) is 0 Å². The molecule has 0 radical (unpaired) electrons. The van der Waals surface area contributed by atoms with Gasteiger partial charge in [-0.25, -0.2) is 0 Å². The van der Waals surface area contributed by atoms with Crippen LogP contribution in [-0.4, -0.2) is 6.54 Å². The maximum Gasteiger partial charge on any atom is 0.0386 e. The molecule has 1 unspecified atom stereocenters. The van der Waals surface area contributed by atoms with Gasteiger partial charge in [0, 0.05) is 15.8 Å². The average molecular weight is 183 g/mol. The van der Waals surface area contributed by atoms with Gasteiger partial charge in [0.05, 0.1) is 0 Å². The molecule has 68 valence electrons. The molecule has 1 rings (SSSR count). The third-order valence-corrected chi connectivity index (χ3v) is 3.07. The normalized spacial score (nSPS) is 13.2. The summed E-state index contributed by atoms with van der Waals surface area (Å²) in [6, 6.07) is 4.92. The van der Waals surface area contributed by atoms with Crippen LogP contribution >= 0.6 is 11.3 Å². The van der Waals surface area contributed by atoms with E-state index in [1.165, 1.54) is 16.2 Å². The van der Waals surface area contributed by atoms with Gasteiger partial charge in [-0.05, 0) is 38.9 Å². The fourth-order valence-corrected chi connectivity index (χ4v) is 2.05. The van der Waals surface area contributed by atoms with Gasteiger partial charge < -0.3 is 5.32 Å². The summed E-state index contributed by atoms with van der Waals surface area (Å²) in [7, 11) is 0. The molecule has 12 heavy (non-hydrogen) atoms. The van der Waals surface area contributed by atoms with Crippen LogP contribution in [0.1, 0.15) is 36.1 Å². The second kappa shape index (κ2) is 4.63. The fraction of sp³-hybridized carbons (Fsp3) is 0.600. The molecule has 0 aromatic carbocycles. The van der Waals surface area contributed by atoms with Gasteiger partial charge >= 0.3 is 0 Å². The Hall–Kier alpha value is -0.340. The van der Waals surface area contributed by atoms with Crippen molar-refractivity contribution in [3.05, 3.63) is 21.9 Å². The van der Waals surface area contributed by atoms with E-state index >= 15 is 0 Å². The predicted octanol–water partition coefficient (Wildman–Crippen LogP) is 3.12. The minimum Gasteiger partial charge on any atom is -0.309 e. The van der Waals surface area contributed by atoms with E-state index in [1.807, 2.05) is 11.3 Å². The monoisotopic (exact) mass is 183 g/mol. The summed E-state index contributed by atoms with van der Waals surface area (Å²) in [5.74, 6) is 0. The van der Waals surface area contributed by atoms with Crippen molar-refractivity contribution in [2.45, 2.75) is 33.2 Å². The molecule has 0 saturated carbocycles. The van der Waals surface area contributed by atoms with Crippen molar-refractivity contribution in [3.8, 4) is 0 Å². The van der Waals surface area contributed by atoms with Crippen molar-refractivity contribution in [1.82, 2.24) is 5.32 Å². The molecule has 0 aliphatic rings. The summed E-state index contributed by atoms with van der Waals surface area (Å²) in [4.78, 5) is 2.84. The lowest BCUT2D eigenvalue weighted by molar-refractivity contribution is 0.578. The minimum absolute atomic E-state index is 0.517. The number of thiophene rings is 1. The SMILES string of the molecule is CCCNC(C)c1ccc(C)s1. The molecule has 0 saturated heterocycles. The highest BCUT2D eigenvalue weighted by Crippen LogP contribution is 2.21. The standard InChI is InChI=1S/C10H17NS/c1-4-7-11-9(3)10-6-5-8(2)12-10/h5-6,9,11H,4,7H2,1-3H3. The van der Waals surface area contributed by atoms with Gasteiger partial charge in [-0.2, -0.15) is 0 Å². The van der Waals surface area contributed by atoms with Crippen LogP contribution in [0.2, 0.25) is 0 Å². The van der Waals surface area contributed by atoms with Gasteiger partial charge in [0.1, 0.15) is 0 Å². The van der Waals surface area contributed by atoms with Crippen LogP contribution < -0.4 is 5.32 Å². The first kappa shape index (κ1) is 9.75. The molecule has 2 heteroatoms. The Morgan fingerprint density at radius 3 is 2.75 bits per heavy atom. The van der Waals surface area contributed by atoms with Crippen LogP contribution in [0.4, 0.5) is 0 Å². The van der Waals surface area contributed by atoms with Gasteiger partial charge in [-0.3, -0.25) is 0 Å². The van der Waals surface area contributed by atoms with E-state index < -0.39 is 0 Å². The zero-order valence-corrected chi connectivity index (χ0v) is 8.87. The number of hydrogen-bond donors (Lipinski definition) is 1. The van der Waals surface area contributed by atoms with Gasteiger partial charge in [0.2, 0.25) is 0 Å². The zero-order chi connectivity index (χ0) is 8.97. The van der Waals surface area contributed by atoms with Crippen molar-refractivity contribution in [2.75, 3.05) is 6.54 Å². The minimum atomic E-state index is 0.517. The fourth-order valence-electron chi connectivity index (χ4n) is 1.15. The molecule has 0 aliphatic carbocycles. The Morgan fingerprint density at radius 1 is 1.50 bits per heavy atom. The molecule has 0 spiro atoms. The van der Waals surface area contributed by atoms with Gasteiger partial charge in [-0.15, -0.1) is 11.3 Å². The maximum absolute atomic E-state index is 3.47. The highest BCUT2D eigenvalue weighted by atomic mass is 32.1. The highest BCUT2D eigenvalue weighted by molar-refractivity contribution is 7.12. The number of aryl methyl sites for hydroxylation is 1. The lowest BCUT2D eigenvalue weighted by Crippen LogP contribution is -2.18. The zero-order valence-electron chi connectivity index (χ0n) is 8.05. The van der Waals surface area contributed by atoms with Crippen molar-refractivity contribution in [2.24, 2.45) is 0 Å². The second-order valence-electron chi connectivity index (χ2n) is 3.12. The summed E-state index contributed by atoms with van der Waals surface area (Å²) in [5.41, 5.74) is 0. The van der Waals surface area contributed by atoms with E-state index in [0.717, 1.165) is 6.54 Å². The van der Waals surface area contributed by atoms with E-state index in [9.17, 15) is 0 Å². The quantitative estimate of drug-likeness (QED) is 0.756. The molecule has 1 aromatic rings. The van der Waals surface area contributed by atoms with Gasteiger partial charge in [0.15, 0.2) is 0 Å². The Morgan fingerprint density at radius 2 is 2.25 bits per heavy atom. The average Bonchev–Trinajstić information content (AvgIpc) is 2.47. The molecule has 1 aromatic heterocycles.